The van der Waals surface area contributed by atoms with Gasteiger partial charge in [0, 0.05) is 29.5 Å². The molecule has 1 atom stereocenters. The molecule has 19 heavy (non-hydrogen) atoms. The van der Waals surface area contributed by atoms with Gasteiger partial charge in [0.25, 0.3) is 0 Å². The molecule has 0 spiro atoms. The number of hydrogen-bond acceptors (Lipinski definition) is 3. The number of rotatable bonds is 5. The van der Waals surface area contributed by atoms with Crippen molar-refractivity contribution in [1.29, 1.82) is 0 Å². The molecule has 0 fully saturated rings. The second kappa shape index (κ2) is 6.08. The Morgan fingerprint density at radius 3 is 2.95 bits per heavy atom. The zero-order chi connectivity index (χ0) is 13.8. The third kappa shape index (κ3) is 2.91. The van der Waals surface area contributed by atoms with E-state index in [1.54, 1.807) is 31.5 Å². The molecule has 0 aliphatic carbocycles. The Bertz CT molecular complexity index is 554. The van der Waals surface area contributed by atoms with Crippen LogP contribution in [0.1, 0.15) is 30.8 Å². The fourth-order valence-electron chi connectivity index (χ4n) is 2.06. The molecule has 4 nitrogen and oxygen atoms in total. The Hall–Kier alpha value is -1.52. The van der Waals surface area contributed by atoms with Gasteiger partial charge < -0.3 is 14.4 Å². The second-order valence-corrected chi connectivity index (χ2v) is 4.70. The van der Waals surface area contributed by atoms with Crippen LogP contribution in [-0.2, 0) is 6.54 Å². The van der Waals surface area contributed by atoms with Gasteiger partial charge in [0.2, 0.25) is 0 Å². The average molecular weight is 281 g/mol. The largest absolute Gasteiger partial charge is 0.496 e. The van der Waals surface area contributed by atoms with Crippen molar-refractivity contribution >= 4 is 11.6 Å². The van der Waals surface area contributed by atoms with E-state index in [0.717, 1.165) is 13.0 Å². The summed E-state index contributed by atoms with van der Waals surface area (Å²) < 4.78 is 7.20. The van der Waals surface area contributed by atoms with Crippen LogP contribution in [0.4, 0.5) is 0 Å². The molecule has 0 aliphatic heterocycles. The van der Waals surface area contributed by atoms with E-state index in [1.807, 2.05) is 10.8 Å². The van der Waals surface area contributed by atoms with Gasteiger partial charge in [-0.1, -0.05) is 18.5 Å². The molecule has 1 heterocycles. The van der Waals surface area contributed by atoms with Gasteiger partial charge in [-0.3, -0.25) is 0 Å². The number of hydrogen-bond donors (Lipinski definition) is 1. The smallest absolute Gasteiger partial charge is 0.142 e. The monoisotopic (exact) mass is 280 g/mol. The van der Waals surface area contributed by atoms with Gasteiger partial charge in [-0.05, 0) is 24.6 Å². The second-order valence-electron chi connectivity index (χ2n) is 4.27. The summed E-state index contributed by atoms with van der Waals surface area (Å²) in [6.45, 7) is 2.89. The highest BCUT2D eigenvalue weighted by Crippen LogP contribution is 2.31. The summed E-state index contributed by atoms with van der Waals surface area (Å²) in [4.78, 5) is 4.23. The first-order valence-corrected chi connectivity index (χ1v) is 6.57. The van der Waals surface area contributed by atoms with Gasteiger partial charge >= 0.3 is 0 Å². The van der Waals surface area contributed by atoms with E-state index in [0.29, 0.717) is 22.2 Å². The SMILES string of the molecule is CCCn1ccnc1C(O)c1cc(Cl)ccc1OC. The molecule has 5 heteroatoms. The van der Waals surface area contributed by atoms with Crippen LogP contribution in [0, 0.1) is 0 Å². The summed E-state index contributed by atoms with van der Waals surface area (Å²) in [5, 5.41) is 11.1. The van der Waals surface area contributed by atoms with Crippen LogP contribution in [0.3, 0.4) is 0 Å². The molecule has 0 bridgehead atoms. The fraction of sp³-hybridized carbons (Fsp3) is 0.357. The highest BCUT2D eigenvalue weighted by Gasteiger charge is 2.20. The maximum atomic E-state index is 10.5. The Morgan fingerprint density at radius 1 is 1.47 bits per heavy atom. The van der Waals surface area contributed by atoms with E-state index in [9.17, 15) is 5.11 Å². The quantitative estimate of drug-likeness (QED) is 0.916. The lowest BCUT2D eigenvalue weighted by Crippen LogP contribution is -2.10. The number of aliphatic hydroxyl groups excluding tert-OH is 1. The molecular formula is C14H17ClN2O2. The van der Waals surface area contributed by atoms with Gasteiger partial charge in [-0.15, -0.1) is 0 Å². The minimum Gasteiger partial charge on any atom is -0.496 e. The van der Waals surface area contributed by atoms with Crippen LogP contribution in [0.25, 0.3) is 0 Å². The van der Waals surface area contributed by atoms with Crippen molar-refractivity contribution in [2.45, 2.75) is 26.0 Å². The Balaban J connectivity index is 2.40. The van der Waals surface area contributed by atoms with Crippen molar-refractivity contribution in [3.63, 3.8) is 0 Å². The molecule has 0 saturated carbocycles. The minimum absolute atomic E-state index is 0.559. The standard InChI is InChI=1S/C14H17ClN2O2/c1-3-7-17-8-6-16-14(17)13(18)11-9-10(15)4-5-12(11)19-2/h4-6,8-9,13,18H,3,7H2,1-2H3. The highest BCUT2D eigenvalue weighted by molar-refractivity contribution is 6.30. The summed E-state index contributed by atoms with van der Waals surface area (Å²) in [5.74, 6) is 1.20. The van der Waals surface area contributed by atoms with E-state index in [2.05, 4.69) is 11.9 Å². The van der Waals surface area contributed by atoms with Crippen LogP contribution in [-0.4, -0.2) is 21.8 Å². The Morgan fingerprint density at radius 2 is 2.26 bits per heavy atom. The molecule has 1 aromatic carbocycles. The zero-order valence-corrected chi connectivity index (χ0v) is 11.8. The van der Waals surface area contributed by atoms with Crippen molar-refractivity contribution in [1.82, 2.24) is 9.55 Å². The van der Waals surface area contributed by atoms with Crippen molar-refractivity contribution in [3.8, 4) is 5.75 Å². The molecule has 2 rings (SSSR count). The van der Waals surface area contributed by atoms with Crippen LogP contribution in [0.2, 0.25) is 5.02 Å². The van der Waals surface area contributed by atoms with E-state index in [1.165, 1.54) is 0 Å². The van der Waals surface area contributed by atoms with Gasteiger partial charge in [0.1, 0.15) is 17.7 Å². The molecule has 0 aliphatic rings. The number of ether oxygens (including phenoxy) is 1. The van der Waals surface area contributed by atoms with Crippen molar-refractivity contribution in [3.05, 3.63) is 47.0 Å². The summed E-state index contributed by atoms with van der Waals surface area (Å²) in [6, 6.07) is 5.18. The van der Waals surface area contributed by atoms with Crippen LogP contribution < -0.4 is 4.74 Å². The number of aryl methyl sites for hydroxylation is 1. The summed E-state index contributed by atoms with van der Waals surface area (Å²) in [5.41, 5.74) is 0.624. The van der Waals surface area contributed by atoms with Crippen molar-refractivity contribution in [2.24, 2.45) is 0 Å². The Labute approximate surface area is 117 Å². The fourth-order valence-corrected chi connectivity index (χ4v) is 2.24. The first-order chi connectivity index (χ1) is 9.17. The summed E-state index contributed by atoms with van der Waals surface area (Å²) >= 11 is 5.99. The van der Waals surface area contributed by atoms with Crippen molar-refractivity contribution in [2.75, 3.05) is 7.11 Å². The van der Waals surface area contributed by atoms with Crippen LogP contribution >= 0.6 is 11.6 Å². The maximum absolute atomic E-state index is 10.5. The number of benzene rings is 1. The first-order valence-electron chi connectivity index (χ1n) is 6.20. The van der Waals surface area contributed by atoms with Gasteiger partial charge in [0.05, 0.1) is 7.11 Å². The molecule has 0 radical (unpaired) electrons. The molecule has 102 valence electrons. The molecule has 1 aromatic heterocycles. The van der Waals surface area contributed by atoms with Crippen LogP contribution in [0.15, 0.2) is 30.6 Å². The number of methoxy groups -OCH3 is 1. The summed E-state index contributed by atoms with van der Waals surface area (Å²) in [7, 11) is 1.57. The number of nitrogens with zero attached hydrogens (tertiary/aromatic N) is 2. The number of halogens is 1. The van der Waals surface area contributed by atoms with E-state index in [4.69, 9.17) is 16.3 Å². The average Bonchev–Trinajstić information content (AvgIpc) is 2.86. The topological polar surface area (TPSA) is 47.3 Å². The number of aromatic nitrogens is 2. The number of imidazole rings is 1. The minimum atomic E-state index is -0.852. The third-order valence-electron chi connectivity index (χ3n) is 2.94. The van der Waals surface area contributed by atoms with E-state index >= 15 is 0 Å². The van der Waals surface area contributed by atoms with Gasteiger partial charge in [0.15, 0.2) is 0 Å². The molecule has 0 saturated heterocycles. The molecule has 1 N–H and O–H groups in total. The molecule has 0 amide bonds. The number of aliphatic hydroxyl groups is 1. The maximum Gasteiger partial charge on any atom is 0.142 e. The van der Waals surface area contributed by atoms with E-state index < -0.39 is 6.10 Å². The van der Waals surface area contributed by atoms with E-state index in [-0.39, 0.29) is 0 Å². The summed E-state index contributed by atoms with van der Waals surface area (Å²) in [6.07, 6.45) is 3.67. The lowest BCUT2D eigenvalue weighted by atomic mass is 10.1. The molecule has 1 unspecified atom stereocenters. The lowest BCUT2D eigenvalue weighted by molar-refractivity contribution is 0.199. The van der Waals surface area contributed by atoms with Gasteiger partial charge in [-0.25, -0.2) is 4.98 Å². The lowest BCUT2D eigenvalue weighted by Gasteiger charge is -2.16. The highest BCUT2D eigenvalue weighted by atomic mass is 35.5. The van der Waals surface area contributed by atoms with Crippen LogP contribution in [0.5, 0.6) is 5.75 Å². The van der Waals surface area contributed by atoms with Gasteiger partial charge in [-0.2, -0.15) is 0 Å². The predicted octanol–water partition coefficient (Wildman–Crippen LogP) is 3.04. The molecule has 2 aromatic rings. The first kappa shape index (κ1) is 13.9. The zero-order valence-electron chi connectivity index (χ0n) is 11.0. The normalized spacial score (nSPS) is 12.4. The molecular weight excluding hydrogens is 264 g/mol. The Kier molecular flexibility index (Phi) is 4.45. The van der Waals surface area contributed by atoms with Crippen molar-refractivity contribution < 1.29 is 9.84 Å². The third-order valence-corrected chi connectivity index (χ3v) is 3.18. The predicted molar refractivity (Wildman–Crippen MR) is 74.6 cm³/mol.